The number of halogens is 1. The molecule has 0 aromatic carbocycles. The van der Waals surface area contributed by atoms with Gasteiger partial charge < -0.3 is 10.1 Å². The maximum Gasteiger partial charge on any atom is 0.341 e. The molecule has 0 fully saturated rings. The van der Waals surface area contributed by atoms with E-state index in [0.717, 1.165) is 0 Å². The highest BCUT2D eigenvalue weighted by Gasteiger charge is 2.14. The summed E-state index contributed by atoms with van der Waals surface area (Å²) in [5.41, 5.74) is 0.299. The summed E-state index contributed by atoms with van der Waals surface area (Å²) in [5, 5.41) is 3.20. The van der Waals surface area contributed by atoms with Gasteiger partial charge >= 0.3 is 5.97 Å². The molecule has 0 saturated carbocycles. The molecule has 0 radical (unpaired) electrons. The molecule has 2 heterocycles. The lowest BCUT2D eigenvalue weighted by molar-refractivity contribution is 0.0601. The molecule has 0 aliphatic heterocycles. The highest BCUT2D eigenvalue weighted by molar-refractivity contribution is 6.29. The predicted octanol–water partition coefficient (Wildman–Crippen LogP) is 2.66. The van der Waals surface area contributed by atoms with Crippen LogP contribution in [0.4, 0.5) is 11.6 Å². The first-order valence-electron chi connectivity index (χ1n) is 5.13. The fourth-order valence-electron chi connectivity index (χ4n) is 1.36. The largest absolute Gasteiger partial charge is 0.465 e. The number of nitrogens with zero attached hydrogens (tertiary/aromatic N) is 2. The maximum absolute atomic E-state index is 11.6. The number of anilines is 2. The zero-order valence-electron chi connectivity index (χ0n) is 9.55. The van der Waals surface area contributed by atoms with E-state index in [-0.39, 0.29) is 5.15 Å². The normalized spacial score (nSPS) is 9.89. The minimum Gasteiger partial charge on any atom is -0.465 e. The molecular weight excluding hydrogens is 254 g/mol. The predicted molar refractivity (Wildman–Crippen MR) is 68.1 cm³/mol. The van der Waals surface area contributed by atoms with E-state index in [9.17, 15) is 4.79 Å². The molecule has 0 amide bonds. The van der Waals surface area contributed by atoms with Crippen LogP contribution in [0.15, 0.2) is 36.5 Å². The second kappa shape index (κ2) is 5.46. The fourth-order valence-corrected chi connectivity index (χ4v) is 1.51. The third-order valence-corrected chi connectivity index (χ3v) is 2.39. The molecule has 0 spiro atoms. The van der Waals surface area contributed by atoms with Gasteiger partial charge in [0.25, 0.3) is 0 Å². The summed E-state index contributed by atoms with van der Waals surface area (Å²) in [6.07, 6.45) is 1.63. The molecule has 18 heavy (non-hydrogen) atoms. The van der Waals surface area contributed by atoms with Gasteiger partial charge in [-0.15, -0.1) is 0 Å². The minimum atomic E-state index is -0.488. The van der Waals surface area contributed by atoms with Gasteiger partial charge in [-0.05, 0) is 24.3 Å². The number of hydrogen-bond acceptors (Lipinski definition) is 5. The lowest BCUT2D eigenvalue weighted by atomic mass is 10.2. The Hall–Kier alpha value is -2.14. The quantitative estimate of drug-likeness (QED) is 0.681. The third kappa shape index (κ3) is 2.75. The van der Waals surface area contributed by atoms with Crippen LogP contribution >= 0.6 is 11.6 Å². The summed E-state index contributed by atoms with van der Waals surface area (Å²) >= 11 is 5.81. The van der Waals surface area contributed by atoms with Crippen molar-refractivity contribution in [3.05, 3.63) is 47.2 Å². The van der Waals surface area contributed by atoms with E-state index in [2.05, 4.69) is 20.0 Å². The van der Waals surface area contributed by atoms with Crippen LogP contribution in [-0.4, -0.2) is 23.0 Å². The number of esters is 1. The Morgan fingerprint density at radius 1 is 1.33 bits per heavy atom. The van der Waals surface area contributed by atoms with Crippen molar-refractivity contribution in [2.24, 2.45) is 0 Å². The minimum absolute atomic E-state index is 0.279. The van der Waals surface area contributed by atoms with Gasteiger partial charge in [0.1, 0.15) is 22.4 Å². The molecule has 2 aromatic rings. The fraction of sp³-hybridized carbons (Fsp3) is 0.0833. The van der Waals surface area contributed by atoms with Crippen LogP contribution in [0, 0.1) is 0 Å². The Labute approximate surface area is 109 Å². The van der Waals surface area contributed by atoms with Gasteiger partial charge in [0, 0.05) is 6.20 Å². The number of hydrogen-bond donors (Lipinski definition) is 1. The van der Waals surface area contributed by atoms with Crippen molar-refractivity contribution >= 4 is 29.2 Å². The molecule has 0 bridgehead atoms. The Bertz CT molecular complexity index is 561. The van der Waals surface area contributed by atoms with Crippen molar-refractivity contribution in [1.29, 1.82) is 0 Å². The zero-order valence-corrected chi connectivity index (χ0v) is 10.3. The van der Waals surface area contributed by atoms with E-state index < -0.39 is 5.97 Å². The number of ether oxygens (including phenoxy) is 1. The topological polar surface area (TPSA) is 64.1 Å². The third-order valence-electron chi connectivity index (χ3n) is 2.18. The van der Waals surface area contributed by atoms with Gasteiger partial charge in [-0.1, -0.05) is 17.7 Å². The molecular formula is C12H10ClN3O2. The van der Waals surface area contributed by atoms with Gasteiger partial charge in [-0.3, -0.25) is 0 Å². The number of pyridine rings is 2. The first-order valence-corrected chi connectivity index (χ1v) is 5.51. The Morgan fingerprint density at radius 3 is 2.83 bits per heavy atom. The van der Waals surface area contributed by atoms with Crippen LogP contribution in [0.2, 0.25) is 5.15 Å². The van der Waals surface area contributed by atoms with Crippen molar-refractivity contribution in [1.82, 2.24) is 9.97 Å². The summed E-state index contributed by atoms with van der Waals surface area (Å²) in [7, 11) is 1.31. The summed E-state index contributed by atoms with van der Waals surface area (Å²) < 4.78 is 4.67. The summed E-state index contributed by atoms with van der Waals surface area (Å²) in [4.78, 5) is 19.7. The number of carbonyl (C=O) groups is 1. The second-order valence-corrected chi connectivity index (χ2v) is 3.75. The maximum atomic E-state index is 11.6. The van der Waals surface area contributed by atoms with Crippen molar-refractivity contribution in [2.75, 3.05) is 12.4 Å². The van der Waals surface area contributed by atoms with Crippen LogP contribution in [0.5, 0.6) is 0 Å². The second-order valence-electron chi connectivity index (χ2n) is 3.36. The Morgan fingerprint density at radius 2 is 2.17 bits per heavy atom. The van der Waals surface area contributed by atoms with Crippen LogP contribution in [-0.2, 0) is 4.74 Å². The standard InChI is InChI=1S/C12H10ClN3O2/c1-18-12(17)8-5-6-9(13)15-11(8)16-10-4-2-3-7-14-10/h2-7H,1H3,(H,14,15,16). The van der Waals surface area contributed by atoms with Gasteiger partial charge in [0.15, 0.2) is 0 Å². The van der Waals surface area contributed by atoms with Gasteiger partial charge in [-0.2, -0.15) is 0 Å². The van der Waals surface area contributed by atoms with Gasteiger partial charge in [0.05, 0.1) is 7.11 Å². The van der Waals surface area contributed by atoms with Gasteiger partial charge in [-0.25, -0.2) is 14.8 Å². The smallest absolute Gasteiger partial charge is 0.341 e. The van der Waals surface area contributed by atoms with Crippen molar-refractivity contribution in [2.45, 2.75) is 0 Å². The summed E-state index contributed by atoms with van der Waals surface area (Å²) in [6.45, 7) is 0. The SMILES string of the molecule is COC(=O)c1ccc(Cl)nc1Nc1ccccn1. The molecule has 2 rings (SSSR count). The number of nitrogens with one attached hydrogen (secondary N) is 1. The molecule has 0 atom stereocenters. The molecule has 0 aliphatic carbocycles. The first kappa shape index (κ1) is 12.3. The Kier molecular flexibility index (Phi) is 3.74. The molecule has 6 heteroatoms. The van der Waals surface area contributed by atoms with Crippen molar-refractivity contribution in [3.8, 4) is 0 Å². The molecule has 0 unspecified atom stereocenters. The molecule has 0 saturated heterocycles. The molecule has 0 aliphatic rings. The highest BCUT2D eigenvalue weighted by atomic mass is 35.5. The number of carbonyl (C=O) groups excluding carboxylic acids is 1. The van der Waals surface area contributed by atoms with Gasteiger partial charge in [0.2, 0.25) is 0 Å². The zero-order chi connectivity index (χ0) is 13.0. The van der Waals surface area contributed by atoms with E-state index in [1.165, 1.54) is 13.2 Å². The number of aromatic nitrogens is 2. The average molecular weight is 264 g/mol. The lowest BCUT2D eigenvalue weighted by Gasteiger charge is -2.09. The molecule has 1 N–H and O–H groups in total. The number of rotatable bonds is 3. The van der Waals surface area contributed by atoms with Crippen LogP contribution in [0.25, 0.3) is 0 Å². The Balaban J connectivity index is 2.36. The number of methoxy groups -OCH3 is 1. The van der Waals surface area contributed by atoms with E-state index >= 15 is 0 Å². The average Bonchev–Trinajstić information content (AvgIpc) is 2.39. The summed E-state index contributed by atoms with van der Waals surface area (Å²) in [6, 6.07) is 8.43. The summed E-state index contributed by atoms with van der Waals surface area (Å²) in [5.74, 6) is 0.392. The van der Waals surface area contributed by atoms with E-state index in [1.807, 2.05) is 6.07 Å². The van der Waals surface area contributed by atoms with E-state index in [1.54, 1.807) is 24.4 Å². The monoisotopic (exact) mass is 263 g/mol. The molecule has 2 aromatic heterocycles. The van der Waals surface area contributed by atoms with Crippen LogP contribution in [0.1, 0.15) is 10.4 Å². The van der Waals surface area contributed by atoms with Crippen LogP contribution < -0.4 is 5.32 Å². The lowest BCUT2D eigenvalue weighted by Crippen LogP contribution is -2.07. The van der Waals surface area contributed by atoms with E-state index in [0.29, 0.717) is 17.2 Å². The van der Waals surface area contributed by atoms with Crippen LogP contribution in [0.3, 0.4) is 0 Å². The van der Waals surface area contributed by atoms with Crippen molar-refractivity contribution < 1.29 is 9.53 Å². The molecule has 5 nitrogen and oxygen atoms in total. The van der Waals surface area contributed by atoms with E-state index in [4.69, 9.17) is 11.6 Å². The highest BCUT2D eigenvalue weighted by Crippen LogP contribution is 2.20. The van der Waals surface area contributed by atoms with Crippen molar-refractivity contribution in [3.63, 3.8) is 0 Å². The first-order chi connectivity index (χ1) is 8.70. The molecule has 92 valence electrons.